The summed E-state index contributed by atoms with van der Waals surface area (Å²) in [5, 5.41) is 11.2. The molecule has 4 rings (SSSR count). The first-order valence-electron chi connectivity index (χ1n) is 8.48. The average molecular weight is 378 g/mol. The Kier molecular flexibility index (Phi) is 4.67. The van der Waals surface area contributed by atoms with E-state index < -0.39 is 0 Å². The SMILES string of the molecule is COc1cc(-c2noc(-c3cn[nH]c3-c3ccccc3)n2)cc(OC)c1OC. The second-order valence-corrected chi connectivity index (χ2v) is 5.86. The summed E-state index contributed by atoms with van der Waals surface area (Å²) in [5.41, 5.74) is 3.18. The number of H-pyrrole nitrogens is 1. The smallest absolute Gasteiger partial charge is 0.262 e. The van der Waals surface area contributed by atoms with E-state index in [2.05, 4.69) is 20.3 Å². The summed E-state index contributed by atoms with van der Waals surface area (Å²) in [5.74, 6) is 2.28. The molecule has 8 nitrogen and oxygen atoms in total. The zero-order chi connectivity index (χ0) is 19.5. The molecule has 0 unspecified atom stereocenters. The molecule has 0 amide bonds. The summed E-state index contributed by atoms with van der Waals surface area (Å²) in [6, 6.07) is 13.4. The molecule has 0 fully saturated rings. The topological polar surface area (TPSA) is 95.3 Å². The number of benzene rings is 2. The molecule has 2 heterocycles. The van der Waals surface area contributed by atoms with E-state index in [1.807, 2.05) is 30.3 Å². The first kappa shape index (κ1) is 17.6. The lowest BCUT2D eigenvalue weighted by Gasteiger charge is -2.12. The van der Waals surface area contributed by atoms with Gasteiger partial charge in [0.25, 0.3) is 5.89 Å². The summed E-state index contributed by atoms with van der Waals surface area (Å²) in [7, 11) is 4.66. The predicted molar refractivity (Wildman–Crippen MR) is 102 cm³/mol. The number of ether oxygens (including phenoxy) is 3. The van der Waals surface area contributed by atoms with Crippen LogP contribution in [0.4, 0.5) is 0 Å². The van der Waals surface area contributed by atoms with E-state index in [0.717, 1.165) is 16.8 Å². The molecule has 0 aliphatic rings. The van der Waals surface area contributed by atoms with Gasteiger partial charge in [0.05, 0.1) is 38.8 Å². The van der Waals surface area contributed by atoms with Gasteiger partial charge in [0.1, 0.15) is 0 Å². The van der Waals surface area contributed by atoms with Crippen LogP contribution in [0.15, 0.2) is 53.2 Å². The molecule has 2 aromatic heterocycles. The second-order valence-electron chi connectivity index (χ2n) is 5.86. The molecule has 8 heteroatoms. The van der Waals surface area contributed by atoms with Crippen LogP contribution in [0.3, 0.4) is 0 Å². The molecule has 1 N–H and O–H groups in total. The first-order chi connectivity index (χ1) is 13.7. The lowest BCUT2D eigenvalue weighted by molar-refractivity contribution is 0.324. The summed E-state index contributed by atoms with van der Waals surface area (Å²) in [6.45, 7) is 0. The van der Waals surface area contributed by atoms with E-state index in [9.17, 15) is 0 Å². The highest BCUT2D eigenvalue weighted by Gasteiger charge is 2.20. The van der Waals surface area contributed by atoms with Crippen molar-refractivity contribution in [1.82, 2.24) is 20.3 Å². The lowest BCUT2D eigenvalue weighted by Crippen LogP contribution is -1.96. The molecular weight excluding hydrogens is 360 g/mol. The minimum absolute atomic E-state index is 0.358. The van der Waals surface area contributed by atoms with Crippen LogP contribution >= 0.6 is 0 Å². The second kappa shape index (κ2) is 7.43. The van der Waals surface area contributed by atoms with Crippen LogP contribution in [0.2, 0.25) is 0 Å². The molecule has 0 saturated carbocycles. The fraction of sp³-hybridized carbons (Fsp3) is 0.150. The van der Waals surface area contributed by atoms with E-state index in [0.29, 0.717) is 34.5 Å². The number of rotatable bonds is 6. The van der Waals surface area contributed by atoms with Crippen LogP contribution in [0.25, 0.3) is 34.1 Å². The molecule has 0 aliphatic heterocycles. The number of nitrogens with one attached hydrogen (secondary N) is 1. The van der Waals surface area contributed by atoms with Crippen LogP contribution in [0, 0.1) is 0 Å². The molecule has 0 atom stereocenters. The summed E-state index contributed by atoms with van der Waals surface area (Å²) in [6.07, 6.45) is 1.66. The van der Waals surface area contributed by atoms with Crippen molar-refractivity contribution in [1.29, 1.82) is 0 Å². The largest absolute Gasteiger partial charge is 0.493 e. The monoisotopic (exact) mass is 378 g/mol. The van der Waals surface area contributed by atoms with Gasteiger partial charge < -0.3 is 18.7 Å². The number of aromatic nitrogens is 4. The maximum absolute atomic E-state index is 5.50. The highest BCUT2D eigenvalue weighted by atomic mass is 16.5. The van der Waals surface area contributed by atoms with Gasteiger partial charge in [-0.1, -0.05) is 35.5 Å². The third kappa shape index (κ3) is 3.05. The number of hydrogen-bond acceptors (Lipinski definition) is 7. The van der Waals surface area contributed by atoms with Crippen LogP contribution in [0.1, 0.15) is 0 Å². The van der Waals surface area contributed by atoms with Crippen molar-refractivity contribution in [3.63, 3.8) is 0 Å². The molecule has 0 spiro atoms. The van der Waals surface area contributed by atoms with Gasteiger partial charge in [-0.3, -0.25) is 5.10 Å². The Labute approximate surface area is 161 Å². The zero-order valence-electron chi connectivity index (χ0n) is 15.6. The Morgan fingerprint density at radius 3 is 2.25 bits per heavy atom. The molecule has 2 aromatic carbocycles. The highest BCUT2D eigenvalue weighted by molar-refractivity contribution is 5.77. The van der Waals surface area contributed by atoms with E-state index in [-0.39, 0.29) is 0 Å². The van der Waals surface area contributed by atoms with Crippen LogP contribution in [-0.2, 0) is 0 Å². The molecule has 142 valence electrons. The van der Waals surface area contributed by atoms with Crippen molar-refractivity contribution in [2.24, 2.45) is 0 Å². The Hall–Kier alpha value is -3.81. The Morgan fingerprint density at radius 1 is 0.893 bits per heavy atom. The number of hydrogen-bond donors (Lipinski definition) is 1. The van der Waals surface area contributed by atoms with Crippen molar-refractivity contribution >= 4 is 0 Å². The Balaban J connectivity index is 1.75. The fourth-order valence-electron chi connectivity index (χ4n) is 2.93. The maximum atomic E-state index is 5.50. The third-order valence-corrected chi connectivity index (χ3v) is 4.28. The maximum Gasteiger partial charge on any atom is 0.262 e. The van der Waals surface area contributed by atoms with Crippen LogP contribution < -0.4 is 14.2 Å². The van der Waals surface area contributed by atoms with E-state index in [1.165, 1.54) is 0 Å². The van der Waals surface area contributed by atoms with Crippen molar-refractivity contribution in [2.45, 2.75) is 0 Å². The standard InChI is InChI=1S/C20H18N4O4/c1-25-15-9-13(10-16(26-2)18(15)27-3)19-22-20(28-24-19)14-11-21-23-17(14)12-7-5-4-6-8-12/h4-11H,1-3H3,(H,21,23). The van der Waals surface area contributed by atoms with Crippen LogP contribution in [0.5, 0.6) is 17.2 Å². The van der Waals surface area contributed by atoms with Gasteiger partial charge in [-0.25, -0.2) is 0 Å². The first-order valence-corrected chi connectivity index (χ1v) is 8.48. The van der Waals surface area contributed by atoms with Crippen LogP contribution in [-0.4, -0.2) is 41.7 Å². The van der Waals surface area contributed by atoms with Gasteiger partial charge in [0, 0.05) is 11.1 Å². The van der Waals surface area contributed by atoms with E-state index >= 15 is 0 Å². The Bertz CT molecular complexity index is 1060. The van der Waals surface area contributed by atoms with Crippen molar-refractivity contribution < 1.29 is 18.7 Å². The predicted octanol–water partition coefficient (Wildman–Crippen LogP) is 3.82. The van der Waals surface area contributed by atoms with E-state index in [4.69, 9.17) is 18.7 Å². The fourth-order valence-corrected chi connectivity index (χ4v) is 2.93. The van der Waals surface area contributed by atoms with E-state index in [1.54, 1.807) is 39.7 Å². The van der Waals surface area contributed by atoms with Crippen molar-refractivity contribution in [3.05, 3.63) is 48.7 Å². The number of aromatic amines is 1. The molecule has 28 heavy (non-hydrogen) atoms. The third-order valence-electron chi connectivity index (χ3n) is 4.28. The summed E-state index contributed by atoms with van der Waals surface area (Å²) in [4.78, 5) is 4.53. The van der Waals surface area contributed by atoms with Crippen molar-refractivity contribution in [3.8, 4) is 51.3 Å². The van der Waals surface area contributed by atoms with Gasteiger partial charge in [-0.05, 0) is 12.1 Å². The highest BCUT2D eigenvalue weighted by Crippen LogP contribution is 2.41. The molecule has 0 saturated heterocycles. The average Bonchev–Trinajstić information content (AvgIpc) is 3.42. The molecule has 0 bridgehead atoms. The van der Waals surface area contributed by atoms with Gasteiger partial charge in [0.15, 0.2) is 11.5 Å². The quantitative estimate of drug-likeness (QED) is 0.545. The van der Waals surface area contributed by atoms with Gasteiger partial charge in [-0.15, -0.1) is 0 Å². The number of methoxy groups -OCH3 is 3. The van der Waals surface area contributed by atoms with Gasteiger partial charge in [0.2, 0.25) is 11.6 Å². The molecular formula is C20H18N4O4. The zero-order valence-corrected chi connectivity index (χ0v) is 15.6. The molecule has 0 aliphatic carbocycles. The minimum atomic E-state index is 0.358. The number of nitrogens with zero attached hydrogens (tertiary/aromatic N) is 3. The molecule has 0 radical (unpaired) electrons. The van der Waals surface area contributed by atoms with Crippen molar-refractivity contribution in [2.75, 3.05) is 21.3 Å². The molecule has 4 aromatic rings. The minimum Gasteiger partial charge on any atom is -0.493 e. The Morgan fingerprint density at radius 2 is 1.61 bits per heavy atom. The van der Waals surface area contributed by atoms with Gasteiger partial charge >= 0.3 is 0 Å². The summed E-state index contributed by atoms with van der Waals surface area (Å²) >= 11 is 0. The summed E-state index contributed by atoms with van der Waals surface area (Å²) < 4.78 is 21.6. The van der Waals surface area contributed by atoms with Gasteiger partial charge in [-0.2, -0.15) is 10.1 Å². The lowest BCUT2D eigenvalue weighted by atomic mass is 10.1. The normalized spacial score (nSPS) is 10.7.